The Kier molecular flexibility index (Phi) is 7.96. The molecule has 3 rings (SSSR count). The van der Waals surface area contributed by atoms with Crippen molar-refractivity contribution in [1.82, 2.24) is 10.6 Å². The van der Waals surface area contributed by atoms with Gasteiger partial charge in [0.25, 0.3) is 0 Å². The molecule has 5 heteroatoms. The number of ether oxygens (including phenoxy) is 1. The van der Waals surface area contributed by atoms with E-state index in [4.69, 9.17) is 4.74 Å². The SMILES string of the molecule is CCc1ccc2c(c1)[C@@H](NC[C@@H](O)[C@H](Cc1ccccc1)NC(=O)C(C)C)CC(C)(C)O2. The molecule has 3 atom stereocenters. The zero-order valence-corrected chi connectivity index (χ0v) is 20.0. The fourth-order valence-electron chi connectivity index (χ4n) is 4.21. The van der Waals surface area contributed by atoms with Gasteiger partial charge < -0.3 is 20.5 Å². The zero-order chi connectivity index (χ0) is 23.3. The van der Waals surface area contributed by atoms with E-state index in [0.717, 1.165) is 29.7 Å². The minimum Gasteiger partial charge on any atom is -0.487 e. The van der Waals surface area contributed by atoms with Gasteiger partial charge in [0.1, 0.15) is 11.4 Å². The Hall–Kier alpha value is -2.37. The van der Waals surface area contributed by atoms with Crippen molar-refractivity contribution in [3.63, 3.8) is 0 Å². The standard InChI is InChI=1S/C27H38N2O3/c1-6-19-12-13-25-21(14-19)23(16-27(4,5)32-25)28-17-24(30)22(29-26(31)18(2)3)15-20-10-8-7-9-11-20/h7-14,18,22-24,28,30H,6,15-17H2,1-5H3,(H,29,31)/t22-,23-,24+/m0/s1. The number of benzene rings is 2. The Balaban J connectivity index is 1.74. The van der Waals surface area contributed by atoms with Crippen LogP contribution in [0.1, 0.15) is 63.8 Å². The molecule has 0 unspecified atom stereocenters. The summed E-state index contributed by atoms with van der Waals surface area (Å²) >= 11 is 0. The summed E-state index contributed by atoms with van der Waals surface area (Å²) in [5.41, 5.74) is 3.21. The second kappa shape index (κ2) is 10.5. The molecular weight excluding hydrogens is 400 g/mol. The second-order valence-electron chi connectivity index (χ2n) is 9.78. The molecule has 2 aromatic carbocycles. The molecule has 0 aromatic heterocycles. The number of hydrogen-bond acceptors (Lipinski definition) is 4. The molecule has 1 heterocycles. The normalized spacial score (nSPS) is 19.0. The van der Waals surface area contributed by atoms with Gasteiger partial charge in [-0.15, -0.1) is 0 Å². The number of aryl methyl sites for hydroxylation is 1. The average Bonchev–Trinajstić information content (AvgIpc) is 2.76. The number of aliphatic hydroxyl groups excluding tert-OH is 1. The first-order valence-electron chi connectivity index (χ1n) is 11.8. The molecule has 0 radical (unpaired) electrons. The van der Waals surface area contributed by atoms with Crippen LogP contribution >= 0.6 is 0 Å². The van der Waals surface area contributed by atoms with Gasteiger partial charge in [-0.25, -0.2) is 0 Å². The number of carbonyl (C=O) groups is 1. The Morgan fingerprint density at radius 3 is 2.53 bits per heavy atom. The second-order valence-corrected chi connectivity index (χ2v) is 9.78. The summed E-state index contributed by atoms with van der Waals surface area (Å²) < 4.78 is 6.20. The van der Waals surface area contributed by atoms with E-state index in [2.05, 4.69) is 49.6 Å². The van der Waals surface area contributed by atoms with Crippen LogP contribution in [0.25, 0.3) is 0 Å². The first-order valence-corrected chi connectivity index (χ1v) is 11.8. The Bertz CT molecular complexity index is 895. The minimum atomic E-state index is -0.721. The molecule has 0 spiro atoms. The van der Waals surface area contributed by atoms with E-state index in [9.17, 15) is 9.90 Å². The van der Waals surface area contributed by atoms with Crippen LogP contribution in [-0.2, 0) is 17.6 Å². The lowest BCUT2D eigenvalue weighted by Crippen LogP contribution is -2.51. The fourth-order valence-corrected chi connectivity index (χ4v) is 4.21. The van der Waals surface area contributed by atoms with Crippen LogP contribution in [0.5, 0.6) is 5.75 Å². The molecule has 1 aliphatic rings. The number of nitrogens with one attached hydrogen (secondary N) is 2. The highest BCUT2D eigenvalue weighted by Crippen LogP contribution is 2.40. The summed E-state index contributed by atoms with van der Waals surface area (Å²) in [6, 6.07) is 16.1. The zero-order valence-electron chi connectivity index (χ0n) is 20.0. The van der Waals surface area contributed by atoms with Crippen molar-refractivity contribution in [3.05, 3.63) is 65.2 Å². The highest BCUT2D eigenvalue weighted by molar-refractivity contribution is 5.78. The predicted octanol–water partition coefficient (Wildman–Crippen LogP) is 4.19. The number of amides is 1. The van der Waals surface area contributed by atoms with Crippen molar-refractivity contribution >= 4 is 5.91 Å². The molecule has 3 N–H and O–H groups in total. The van der Waals surface area contributed by atoms with Gasteiger partial charge in [0, 0.05) is 30.5 Å². The van der Waals surface area contributed by atoms with Gasteiger partial charge in [-0.2, -0.15) is 0 Å². The smallest absolute Gasteiger partial charge is 0.222 e. The lowest BCUT2D eigenvalue weighted by molar-refractivity contribution is -0.125. The molecule has 2 aromatic rings. The number of aliphatic hydroxyl groups is 1. The maximum Gasteiger partial charge on any atom is 0.222 e. The van der Waals surface area contributed by atoms with E-state index >= 15 is 0 Å². The number of fused-ring (bicyclic) bond motifs is 1. The molecule has 0 fully saturated rings. The molecule has 174 valence electrons. The highest BCUT2D eigenvalue weighted by Gasteiger charge is 2.34. The van der Waals surface area contributed by atoms with E-state index in [0.29, 0.717) is 13.0 Å². The maximum atomic E-state index is 12.4. The summed E-state index contributed by atoms with van der Waals surface area (Å²) in [5.74, 6) is 0.721. The van der Waals surface area contributed by atoms with Crippen LogP contribution in [-0.4, -0.2) is 35.3 Å². The monoisotopic (exact) mass is 438 g/mol. The molecule has 0 saturated carbocycles. The van der Waals surface area contributed by atoms with Crippen LogP contribution in [0.3, 0.4) is 0 Å². The van der Waals surface area contributed by atoms with Gasteiger partial charge in [-0.3, -0.25) is 4.79 Å². The molecule has 0 aliphatic carbocycles. The predicted molar refractivity (Wildman–Crippen MR) is 129 cm³/mol. The topological polar surface area (TPSA) is 70.6 Å². The van der Waals surface area contributed by atoms with Crippen LogP contribution < -0.4 is 15.4 Å². The van der Waals surface area contributed by atoms with Gasteiger partial charge in [-0.05, 0) is 43.9 Å². The molecule has 1 amide bonds. The van der Waals surface area contributed by atoms with E-state index in [1.165, 1.54) is 5.56 Å². The van der Waals surface area contributed by atoms with Crippen LogP contribution in [0, 0.1) is 5.92 Å². The Labute approximate surface area is 192 Å². The first kappa shape index (κ1) is 24.3. The van der Waals surface area contributed by atoms with Gasteiger partial charge >= 0.3 is 0 Å². The highest BCUT2D eigenvalue weighted by atomic mass is 16.5. The van der Waals surface area contributed by atoms with Gasteiger partial charge in [0.15, 0.2) is 0 Å². The van der Waals surface area contributed by atoms with E-state index in [1.54, 1.807) is 0 Å². The summed E-state index contributed by atoms with van der Waals surface area (Å²) in [4.78, 5) is 12.4. The van der Waals surface area contributed by atoms with Crippen LogP contribution in [0.2, 0.25) is 0 Å². The number of hydrogen-bond donors (Lipinski definition) is 3. The van der Waals surface area contributed by atoms with Crippen molar-refractivity contribution in [2.45, 2.75) is 77.7 Å². The summed E-state index contributed by atoms with van der Waals surface area (Å²) in [6.07, 6.45) is 1.63. The summed E-state index contributed by atoms with van der Waals surface area (Å²) in [6.45, 7) is 10.4. The summed E-state index contributed by atoms with van der Waals surface area (Å²) in [7, 11) is 0. The third kappa shape index (κ3) is 6.33. The van der Waals surface area contributed by atoms with Gasteiger partial charge in [0.05, 0.1) is 12.1 Å². The maximum absolute atomic E-state index is 12.4. The van der Waals surface area contributed by atoms with Crippen molar-refractivity contribution < 1.29 is 14.6 Å². The Morgan fingerprint density at radius 2 is 1.88 bits per heavy atom. The fraction of sp³-hybridized carbons (Fsp3) is 0.519. The van der Waals surface area contributed by atoms with Gasteiger partial charge in [0.2, 0.25) is 5.91 Å². The van der Waals surface area contributed by atoms with E-state index in [1.807, 2.05) is 44.2 Å². The van der Waals surface area contributed by atoms with Crippen molar-refractivity contribution in [2.24, 2.45) is 5.92 Å². The lowest BCUT2D eigenvalue weighted by atomic mass is 9.88. The van der Waals surface area contributed by atoms with Crippen LogP contribution in [0.4, 0.5) is 0 Å². The molecule has 1 aliphatic heterocycles. The Morgan fingerprint density at radius 1 is 1.16 bits per heavy atom. The molecule has 32 heavy (non-hydrogen) atoms. The largest absolute Gasteiger partial charge is 0.487 e. The van der Waals surface area contributed by atoms with Crippen molar-refractivity contribution in [2.75, 3.05) is 6.54 Å². The van der Waals surface area contributed by atoms with Gasteiger partial charge in [-0.1, -0.05) is 63.2 Å². The molecule has 0 bridgehead atoms. The third-order valence-corrected chi connectivity index (χ3v) is 6.13. The van der Waals surface area contributed by atoms with E-state index in [-0.39, 0.29) is 29.5 Å². The third-order valence-electron chi connectivity index (χ3n) is 6.13. The average molecular weight is 439 g/mol. The quantitative estimate of drug-likeness (QED) is 0.549. The molecule has 0 saturated heterocycles. The number of rotatable bonds is 9. The molecular formula is C27H38N2O3. The first-order chi connectivity index (χ1) is 15.2. The summed E-state index contributed by atoms with van der Waals surface area (Å²) in [5, 5.41) is 17.7. The van der Waals surface area contributed by atoms with Crippen molar-refractivity contribution in [3.8, 4) is 5.75 Å². The van der Waals surface area contributed by atoms with Crippen molar-refractivity contribution in [1.29, 1.82) is 0 Å². The number of carbonyl (C=O) groups excluding carboxylic acids is 1. The lowest BCUT2D eigenvalue weighted by Gasteiger charge is -2.39. The van der Waals surface area contributed by atoms with Crippen LogP contribution in [0.15, 0.2) is 48.5 Å². The minimum absolute atomic E-state index is 0.0462. The molecule has 5 nitrogen and oxygen atoms in total. The van der Waals surface area contributed by atoms with E-state index < -0.39 is 6.10 Å².